The number of rotatable bonds is 8. The number of hydrogen-bond acceptors (Lipinski definition) is 8. The predicted octanol–water partition coefficient (Wildman–Crippen LogP) is 4.64. The first kappa shape index (κ1) is 20.1. The quantitative estimate of drug-likeness (QED) is 0.394. The molecule has 2 aromatic carbocycles. The Hall–Kier alpha value is -3.17. The Balaban J connectivity index is 1.25. The molecule has 1 amide bonds. The van der Waals surface area contributed by atoms with Crippen molar-refractivity contribution in [2.75, 3.05) is 5.32 Å². The van der Waals surface area contributed by atoms with Crippen LogP contribution in [-0.2, 0) is 17.0 Å². The SMILES string of the molecule is O=C(CCc1nc(CSc2nnc(-c3ccccc3)o2)no1)Nc1cccc(Cl)c1. The van der Waals surface area contributed by atoms with Gasteiger partial charge in [-0.15, -0.1) is 10.2 Å². The van der Waals surface area contributed by atoms with Crippen LogP contribution in [0.2, 0.25) is 5.02 Å². The third kappa shape index (κ3) is 5.46. The number of hydrogen-bond donors (Lipinski definition) is 1. The Morgan fingerprint density at radius 2 is 1.97 bits per heavy atom. The Labute approximate surface area is 181 Å². The zero-order valence-electron chi connectivity index (χ0n) is 15.6. The van der Waals surface area contributed by atoms with Crippen LogP contribution in [0.4, 0.5) is 5.69 Å². The fourth-order valence-corrected chi connectivity index (χ4v) is 3.35. The number of amides is 1. The van der Waals surface area contributed by atoms with Gasteiger partial charge in [0.2, 0.25) is 17.7 Å². The number of carbonyl (C=O) groups excluding carboxylic acids is 1. The topological polar surface area (TPSA) is 107 Å². The molecule has 10 heteroatoms. The summed E-state index contributed by atoms with van der Waals surface area (Å²) in [5.74, 6) is 1.59. The molecule has 0 fully saturated rings. The highest BCUT2D eigenvalue weighted by Gasteiger charge is 2.13. The van der Waals surface area contributed by atoms with Crippen molar-refractivity contribution < 1.29 is 13.7 Å². The van der Waals surface area contributed by atoms with Crippen LogP contribution in [0.1, 0.15) is 18.1 Å². The summed E-state index contributed by atoms with van der Waals surface area (Å²) < 4.78 is 10.8. The summed E-state index contributed by atoms with van der Waals surface area (Å²) >= 11 is 7.22. The Morgan fingerprint density at radius 1 is 1.10 bits per heavy atom. The smallest absolute Gasteiger partial charge is 0.277 e. The number of aryl methyl sites for hydroxylation is 1. The van der Waals surface area contributed by atoms with E-state index < -0.39 is 0 Å². The second-order valence-electron chi connectivity index (χ2n) is 6.19. The van der Waals surface area contributed by atoms with Gasteiger partial charge in [-0.3, -0.25) is 4.79 Å². The van der Waals surface area contributed by atoms with Crippen LogP contribution in [0, 0.1) is 0 Å². The van der Waals surface area contributed by atoms with E-state index in [2.05, 4.69) is 25.7 Å². The molecule has 1 N–H and O–H groups in total. The number of aromatic nitrogens is 4. The lowest BCUT2D eigenvalue weighted by atomic mass is 10.2. The zero-order chi connectivity index (χ0) is 20.8. The standard InChI is InChI=1S/C20H16ClN5O3S/c21-14-7-4-8-15(11-14)22-17(27)9-10-18-23-16(26-29-18)12-30-20-25-24-19(28-20)13-5-2-1-3-6-13/h1-8,11H,9-10,12H2,(H,22,27). The number of anilines is 1. The van der Waals surface area contributed by atoms with E-state index >= 15 is 0 Å². The first-order valence-corrected chi connectivity index (χ1v) is 10.4. The molecule has 2 heterocycles. The molecule has 4 rings (SSSR count). The van der Waals surface area contributed by atoms with Crippen molar-refractivity contribution in [2.45, 2.75) is 23.8 Å². The molecular formula is C20H16ClN5O3S. The van der Waals surface area contributed by atoms with E-state index in [1.54, 1.807) is 24.3 Å². The van der Waals surface area contributed by atoms with Gasteiger partial charge in [0.05, 0.1) is 5.75 Å². The summed E-state index contributed by atoms with van der Waals surface area (Å²) in [7, 11) is 0. The van der Waals surface area contributed by atoms with E-state index in [0.717, 1.165) is 5.56 Å². The summed E-state index contributed by atoms with van der Waals surface area (Å²) in [6.07, 6.45) is 0.550. The molecule has 0 unspecified atom stereocenters. The van der Waals surface area contributed by atoms with Gasteiger partial charge in [-0.05, 0) is 30.3 Å². The van der Waals surface area contributed by atoms with Gasteiger partial charge >= 0.3 is 0 Å². The molecule has 152 valence electrons. The summed E-state index contributed by atoms with van der Waals surface area (Å²) in [6, 6.07) is 16.5. The van der Waals surface area contributed by atoms with Crippen molar-refractivity contribution in [3.8, 4) is 11.5 Å². The maximum atomic E-state index is 12.1. The second-order valence-corrected chi connectivity index (χ2v) is 7.55. The predicted molar refractivity (Wildman–Crippen MR) is 112 cm³/mol. The van der Waals surface area contributed by atoms with Crippen LogP contribution in [0.25, 0.3) is 11.5 Å². The highest BCUT2D eigenvalue weighted by Crippen LogP contribution is 2.25. The minimum Gasteiger partial charge on any atom is -0.411 e. The number of carbonyl (C=O) groups is 1. The Bertz CT molecular complexity index is 1130. The van der Waals surface area contributed by atoms with Gasteiger partial charge in [-0.25, -0.2) is 0 Å². The lowest BCUT2D eigenvalue weighted by molar-refractivity contribution is -0.116. The van der Waals surface area contributed by atoms with Crippen LogP contribution < -0.4 is 5.32 Å². The van der Waals surface area contributed by atoms with Crippen molar-refractivity contribution in [1.82, 2.24) is 20.3 Å². The number of nitrogens with one attached hydrogen (secondary N) is 1. The first-order chi connectivity index (χ1) is 14.7. The highest BCUT2D eigenvalue weighted by atomic mass is 35.5. The molecular weight excluding hydrogens is 426 g/mol. The van der Waals surface area contributed by atoms with Gasteiger partial charge in [-0.1, -0.05) is 52.8 Å². The van der Waals surface area contributed by atoms with Crippen molar-refractivity contribution in [3.05, 3.63) is 71.3 Å². The van der Waals surface area contributed by atoms with Crippen LogP contribution in [0.5, 0.6) is 0 Å². The lowest BCUT2D eigenvalue weighted by Crippen LogP contribution is -2.12. The van der Waals surface area contributed by atoms with E-state index in [-0.39, 0.29) is 12.3 Å². The third-order valence-electron chi connectivity index (χ3n) is 3.94. The van der Waals surface area contributed by atoms with Crippen LogP contribution in [0.15, 0.2) is 68.8 Å². The fourth-order valence-electron chi connectivity index (χ4n) is 2.55. The molecule has 2 aromatic heterocycles. The second kappa shape index (κ2) is 9.55. The van der Waals surface area contributed by atoms with Gasteiger partial charge in [0.15, 0.2) is 5.82 Å². The zero-order valence-corrected chi connectivity index (χ0v) is 17.2. The van der Waals surface area contributed by atoms with E-state index in [0.29, 0.717) is 45.7 Å². The van der Waals surface area contributed by atoms with Gasteiger partial charge in [-0.2, -0.15) is 4.98 Å². The first-order valence-electron chi connectivity index (χ1n) is 9.04. The summed E-state index contributed by atoms with van der Waals surface area (Å²) in [5, 5.41) is 15.7. The molecule has 4 aromatic rings. The Morgan fingerprint density at radius 3 is 2.80 bits per heavy atom. The minimum atomic E-state index is -0.161. The minimum absolute atomic E-state index is 0.161. The van der Waals surface area contributed by atoms with E-state index in [9.17, 15) is 4.79 Å². The molecule has 0 spiro atoms. The monoisotopic (exact) mass is 441 g/mol. The molecule has 0 aliphatic carbocycles. The average molecular weight is 442 g/mol. The molecule has 8 nitrogen and oxygen atoms in total. The van der Waals surface area contributed by atoms with E-state index in [1.807, 2.05) is 30.3 Å². The molecule has 0 aliphatic rings. The lowest BCUT2D eigenvalue weighted by Gasteiger charge is -2.04. The van der Waals surface area contributed by atoms with Crippen molar-refractivity contribution in [1.29, 1.82) is 0 Å². The number of benzene rings is 2. The molecule has 0 saturated heterocycles. The average Bonchev–Trinajstić information content (AvgIpc) is 3.41. The number of halogens is 1. The summed E-state index contributed by atoms with van der Waals surface area (Å²) in [4.78, 5) is 16.4. The van der Waals surface area contributed by atoms with Gasteiger partial charge in [0, 0.05) is 29.1 Å². The highest BCUT2D eigenvalue weighted by molar-refractivity contribution is 7.98. The molecule has 0 saturated carbocycles. The molecule has 0 aliphatic heterocycles. The van der Waals surface area contributed by atoms with E-state index in [4.69, 9.17) is 20.5 Å². The van der Waals surface area contributed by atoms with Gasteiger partial charge in [0.25, 0.3) is 5.22 Å². The number of nitrogens with zero attached hydrogens (tertiary/aromatic N) is 4. The molecule has 0 bridgehead atoms. The maximum absolute atomic E-state index is 12.1. The summed E-state index contributed by atoms with van der Waals surface area (Å²) in [6.45, 7) is 0. The molecule has 0 atom stereocenters. The summed E-state index contributed by atoms with van der Waals surface area (Å²) in [5.41, 5.74) is 1.50. The largest absolute Gasteiger partial charge is 0.411 e. The molecule has 30 heavy (non-hydrogen) atoms. The van der Waals surface area contributed by atoms with Crippen LogP contribution >= 0.6 is 23.4 Å². The van der Waals surface area contributed by atoms with Gasteiger partial charge < -0.3 is 14.3 Å². The van der Waals surface area contributed by atoms with Crippen molar-refractivity contribution in [3.63, 3.8) is 0 Å². The van der Waals surface area contributed by atoms with Crippen molar-refractivity contribution >= 4 is 35.0 Å². The number of thioether (sulfide) groups is 1. The third-order valence-corrected chi connectivity index (χ3v) is 4.99. The Kier molecular flexibility index (Phi) is 6.41. The van der Waals surface area contributed by atoms with Crippen molar-refractivity contribution in [2.24, 2.45) is 0 Å². The van der Waals surface area contributed by atoms with Gasteiger partial charge in [0.1, 0.15) is 0 Å². The normalized spacial score (nSPS) is 10.8. The van der Waals surface area contributed by atoms with E-state index in [1.165, 1.54) is 11.8 Å². The molecule has 0 radical (unpaired) electrons. The van der Waals surface area contributed by atoms with Crippen LogP contribution in [0.3, 0.4) is 0 Å². The fraction of sp³-hybridized carbons (Fsp3) is 0.150. The maximum Gasteiger partial charge on any atom is 0.277 e. The van der Waals surface area contributed by atoms with Crippen LogP contribution in [-0.4, -0.2) is 26.2 Å².